The van der Waals surface area contributed by atoms with Gasteiger partial charge >= 0.3 is 6.61 Å². The van der Waals surface area contributed by atoms with Crippen LogP contribution in [0.4, 0.5) is 8.78 Å². The lowest BCUT2D eigenvalue weighted by Crippen LogP contribution is -2.47. The number of hydrogen-bond donors (Lipinski definition) is 2. The van der Waals surface area contributed by atoms with Gasteiger partial charge in [0, 0.05) is 6.54 Å². The van der Waals surface area contributed by atoms with Crippen LogP contribution in [0.2, 0.25) is 0 Å². The van der Waals surface area contributed by atoms with Gasteiger partial charge in [-0.25, -0.2) is 8.42 Å². The summed E-state index contributed by atoms with van der Waals surface area (Å²) in [4.78, 5) is 12.8. The molecule has 0 spiro atoms. The van der Waals surface area contributed by atoms with Crippen LogP contribution in [0, 0.1) is 12.8 Å². The number of alkyl halides is 2. The Bertz CT molecular complexity index is 930. The summed E-state index contributed by atoms with van der Waals surface area (Å²) < 4.78 is 56.5. The van der Waals surface area contributed by atoms with Gasteiger partial charge in [-0.3, -0.25) is 4.79 Å². The number of carbonyl (C=O) groups excluding carboxylic acids is 1. The molecule has 0 radical (unpaired) electrons. The highest BCUT2D eigenvalue weighted by Gasteiger charge is 2.26. The summed E-state index contributed by atoms with van der Waals surface area (Å²) in [6.07, 6.45) is 0.318. The first-order chi connectivity index (χ1) is 14.1. The molecule has 0 saturated carbocycles. The van der Waals surface area contributed by atoms with Crippen molar-refractivity contribution in [2.45, 2.75) is 51.3 Å². The number of benzene rings is 2. The van der Waals surface area contributed by atoms with Gasteiger partial charge in [-0.2, -0.15) is 13.5 Å². The lowest BCUT2D eigenvalue weighted by molar-refractivity contribution is -0.123. The Hall–Kier alpha value is -2.52. The maximum Gasteiger partial charge on any atom is 0.387 e. The SMILES string of the molecule is Cc1ccc(S(=O)(=O)NC(CC(C)C)C(=O)NCc2ccc(OC(F)F)cc2)cc1. The van der Waals surface area contributed by atoms with Crippen LogP contribution in [0.25, 0.3) is 0 Å². The fourth-order valence-electron chi connectivity index (χ4n) is 2.75. The third kappa shape index (κ3) is 7.38. The molecule has 0 bridgehead atoms. The second-order valence-electron chi connectivity index (χ2n) is 7.36. The summed E-state index contributed by atoms with van der Waals surface area (Å²) >= 11 is 0. The molecule has 2 aromatic carbocycles. The number of sulfonamides is 1. The predicted molar refractivity (Wildman–Crippen MR) is 110 cm³/mol. The molecule has 30 heavy (non-hydrogen) atoms. The molecule has 0 heterocycles. The van der Waals surface area contributed by atoms with Crippen LogP contribution < -0.4 is 14.8 Å². The molecule has 0 aliphatic carbocycles. The van der Waals surface area contributed by atoms with Crippen LogP contribution in [0.3, 0.4) is 0 Å². The van der Waals surface area contributed by atoms with E-state index in [2.05, 4.69) is 14.8 Å². The first kappa shape index (κ1) is 23.8. The summed E-state index contributed by atoms with van der Waals surface area (Å²) in [5, 5.41) is 2.69. The Morgan fingerprint density at radius 1 is 1.03 bits per heavy atom. The van der Waals surface area contributed by atoms with E-state index in [0.29, 0.717) is 12.0 Å². The molecule has 2 rings (SSSR count). The minimum Gasteiger partial charge on any atom is -0.435 e. The summed E-state index contributed by atoms with van der Waals surface area (Å²) in [5.41, 5.74) is 1.59. The monoisotopic (exact) mass is 440 g/mol. The van der Waals surface area contributed by atoms with Crippen LogP contribution >= 0.6 is 0 Å². The number of rotatable bonds is 10. The standard InChI is InChI=1S/C21H26F2N2O4S/c1-14(2)12-19(25-30(27,28)18-10-4-15(3)5-11-18)20(26)24-13-16-6-8-17(9-7-16)29-21(22)23/h4-11,14,19,21,25H,12-13H2,1-3H3,(H,24,26). The molecule has 0 aliphatic heterocycles. The third-order valence-electron chi connectivity index (χ3n) is 4.27. The van der Waals surface area contributed by atoms with Crippen molar-refractivity contribution in [3.63, 3.8) is 0 Å². The van der Waals surface area contributed by atoms with Gasteiger partial charge < -0.3 is 10.1 Å². The van der Waals surface area contributed by atoms with Crippen molar-refractivity contribution in [2.75, 3.05) is 0 Å². The Morgan fingerprint density at radius 3 is 2.17 bits per heavy atom. The maximum absolute atomic E-state index is 12.7. The van der Waals surface area contributed by atoms with Crippen LogP contribution in [0.15, 0.2) is 53.4 Å². The molecule has 2 aromatic rings. The highest BCUT2D eigenvalue weighted by Crippen LogP contribution is 2.16. The van der Waals surface area contributed by atoms with Gasteiger partial charge in [0.2, 0.25) is 15.9 Å². The highest BCUT2D eigenvalue weighted by atomic mass is 32.2. The Morgan fingerprint density at radius 2 is 1.63 bits per heavy atom. The molecule has 1 amide bonds. The van der Waals surface area contributed by atoms with Gasteiger partial charge in [0.15, 0.2) is 0 Å². The van der Waals surface area contributed by atoms with E-state index in [4.69, 9.17) is 0 Å². The molecule has 0 fully saturated rings. The Labute approximate surface area is 175 Å². The number of aryl methyl sites for hydroxylation is 1. The third-order valence-corrected chi connectivity index (χ3v) is 5.76. The number of nitrogens with one attached hydrogen (secondary N) is 2. The Balaban J connectivity index is 2.05. The van der Waals surface area contributed by atoms with E-state index >= 15 is 0 Å². The van der Waals surface area contributed by atoms with E-state index in [-0.39, 0.29) is 23.1 Å². The van der Waals surface area contributed by atoms with E-state index in [1.807, 2.05) is 20.8 Å². The number of carbonyl (C=O) groups is 1. The van der Waals surface area contributed by atoms with Crippen molar-refractivity contribution in [1.82, 2.24) is 10.0 Å². The number of hydrogen-bond acceptors (Lipinski definition) is 4. The molecular formula is C21H26F2N2O4S. The van der Waals surface area contributed by atoms with Crippen molar-refractivity contribution in [3.8, 4) is 5.75 Å². The van der Waals surface area contributed by atoms with Crippen molar-refractivity contribution in [1.29, 1.82) is 0 Å². The van der Waals surface area contributed by atoms with Crippen LogP contribution in [-0.4, -0.2) is 27.0 Å². The van der Waals surface area contributed by atoms with Crippen molar-refractivity contribution < 1.29 is 26.7 Å². The summed E-state index contributed by atoms with van der Waals surface area (Å²) in [6, 6.07) is 11.3. The first-order valence-electron chi connectivity index (χ1n) is 9.47. The van der Waals surface area contributed by atoms with Crippen molar-refractivity contribution in [2.24, 2.45) is 5.92 Å². The van der Waals surface area contributed by atoms with E-state index in [1.54, 1.807) is 24.3 Å². The van der Waals surface area contributed by atoms with E-state index in [9.17, 15) is 22.0 Å². The molecule has 1 unspecified atom stereocenters. The molecular weight excluding hydrogens is 414 g/mol. The molecule has 2 N–H and O–H groups in total. The molecule has 164 valence electrons. The average molecular weight is 441 g/mol. The zero-order chi connectivity index (χ0) is 22.3. The fourth-order valence-corrected chi connectivity index (χ4v) is 3.96. The van der Waals surface area contributed by atoms with Gasteiger partial charge in [-0.05, 0) is 49.1 Å². The van der Waals surface area contributed by atoms with Gasteiger partial charge in [0.1, 0.15) is 11.8 Å². The van der Waals surface area contributed by atoms with E-state index < -0.39 is 28.6 Å². The molecule has 0 aliphatic rings. The summed E-state index contributed by atoms with van der Waals surface area (Å²) in [6.45, 7) is 2.85. The second-order valence-corrected chi connectivity index (χ2v) is 9.07. The van der Waals surface area contributed by atoms with Crippen molar-refractivity contribution >= 4 is 15.9 Å². The van der Waals surface area contributed by atoms with Gasteiger partial charge in [-0.15, -0.1) is 0 Å². The van der Waals surface area contributed by atoms with E-state index in [1.165, 1.54) is 24.3 Å². The maximum atomic E-state index is 12.7. The number of amides is 1. The largest absolute Gasteiger partial charge is 0.435 e. The molecule has 1 atom stereocenters. The number of ether oxygens (including phenoxy) is 1. The normalized spacial score (nSPS) is 12.8. The lowest BCUT2D eigenvalue weighted by atomic mass is 10.0. The quantitative estimate of drug-likeness (QED) is 0.591. The second kappa shape index (κ2) is 10.5. The zero-order valence-electron chi connectivity index (χ0n) is 17.1. The summed E-state index contributed by atoms with van der Waals surface area (Å²) in [7, 11) is -3.87. The van der Waals surface area contributed by atoms with E-state index in [0.717, 1.165) is 5.56 Å². The predicted octanol–water partition coefficient (Wildman–Crippen LogP) is 3.61. The topological polar surface area (TPSA) is 84.5 Å². The van der Waals surface area contributed by atoms with Gasteiger partial charge in [0.05, 0.1) is 4.90 Å². The van der Waals surface area contributed by atoms with Gasteiger partial charge in [-0.1, -0.05) is 43.7 Å². The fraction of sp³-hybridized carbons (Fsp3) is 0.381. The van der Waals surface area contributed by atoms with Crippen LogP contribution in [0.5, 0.6) is 5.75 Å². The first-order valence-corrected chi connectivity index (χ1v) is 11.0. The molecule has 0 saturated heterocycles. The van der Waals surface area contributed by atoms with Crippen LogP contribution in [0.1, 0.15) is 31.4 Å². The van der Waals surface area contributed by atoms with Crippen LogP contribution in [-0.2, 0) is 21.4 Å². The average Bonchev–Trinajstić information content (AvgIpc) is 2.66. The lowest BCUT2D eigenvalue weighted by Gasteiger charge is -2.20. The van der Waals surface area contributed by atoms with Crippen molar-refractivity contribution in [3.05, 3.63) is 59.7 Å². The minimum atomic E-state index is -3.87. The minimum absolute atomic E-state index is 0.0172. The zero-order valence-corrected chi connectivity index (χ0v) is 17.9. The molecule has 9 heteroatoms. The summed E-state index contributed by atoms with van der Waals surface area (Å²) in [5.74, 6) is -0.372. The Kier molecular flexibility index (Phi) is 8.31. The smallest absolute Gasteiger partial charge is 0.387 e. The van der Waals surface area contributed by atoms with Gasteiger partial charge in [0.25, 0.3) is 0 Å². The molecule has 6 nitrogen and oxygen atoms in total. The number of halogens is 2. The molecule has 0 aromatic heterocycles. The highest BCUT2D eigenvalue weighted by molar-refractivity contribution is 7.89.